The van der Waals surface area contributed by atoms with Gasteiger partial charge in [0.15, 0.2) is 5.65 Å². The highest BCUT2D eigenvalue weighted by molar-refractivity contribution is 6.30. The summed E-state index contributed by atoms with van der Waals surface area (Å²) in [4.78, 5) is 20.1. The Morgan fingerprint density at radius 2 is 1.88 bits per heavy atom. The standard InChI is InChI=1S/C25H25ClN6O/c1-16-14-31(15-17(2)28-16)23-9-4-3-8-21(23)30-25(33)22-10-11-32-24(29-22)20(13-27-32)18-6-5-7-19(26)12-18/h3-13,16-17,28H,14-15H2,1-2H3,(H,30,33). The maximum absolute atomic E-state index is 13.2. The van der Waals surface area contributed by atoms with Gasteiger partial charge in [-0.15, -0.1) is 0 Å². The van der Waals surface area contributed by atoms with Gasteiger partial charge in [0.2, 0.25) is 0 Å². The van der Waals surface area contributed by atoms with Crippen LogP contribution in [0.2, 0.25) is 5.02 Å². The van der Waals surface area contributed by atoms with Gasteiger partial charge in [0, 0.05) is 42.0 Å². The average molecular weight is 461 g/mol. The molecule has 1 aliphatic heterocycles. The third-order valence-electron chi connectivity index (χ3n) is 5.79. The largest absolute Gasteiger partial charge is 0.367 e. The predicted octanol–water partition coefficient (Wildman–Crippen LogP) is 4.49. The first-order valence-corrected chi connectivity index (χ1v) is 11.4. The number of halogens is 1. The summed E-state index contributed by atoms with van der Waals surface area (Å²) in [5.41, 5.74) is 4.42. The second-order valence-corrected chi connectivity index (χ2v) is 8.93. The fourth-order valence-corrected chi connectivity index (χ4v) is 4.61. The van der Waals surface area contributed by atoms with Crippen LogP contribution in [0.3, 0.4) is 0 Å². The zero-order valence-electron chi connectivity index (χ0n) is 18.5. The van der Waals surface area contributed by atoms with Crippen LogP contribution >= 0.6 is 11.6 Å². The number of para-hydroxylation sites is 2. The zero-order chi connectivity index (χ0) is 22.9. The van der Waals surface area contributed by atoms with Crippen molar-refractivity contribution in [3.63, 3.8) is 0 Å². The van der Waals surface area contributed by atoms with Crippen LogP contribution in [0.15, 0.2) is 67.0 Å². The zero-order valence-corrected chi connectivity index (χ0v) is 19.3. The second kappa shape index (κ2) is 8.84. The summed E-state index contributed by atoms with van der Waals surface area (Å²) in [5, 5.41) is 11.6. The number of rotatable bonds is 4. The maximum atomic E-state index is 13.2. The van der Waals surface area contributed by atoms with Gasteiger partial charge in [-0.3, -0.25) is 4.79 Å². The van der Waals surface area contributed by atoms with E-state index in [0.717, 1.165) is 35.6 Å². The summed E-state index contributed by atoms with van der Waals surface area (Å²) in [6.07, 6.45) is 3.48. The number of fused-ring (bicyclic) bond motifs is 1. The lowest BCUT2D eigenvalue weighted by Crippen LogP contribution is -2.54. The van der Waals surface area contributed by atoms with Crippen molar-refractivity contribution in [2.75, 3.05) is 23.3 Å². The number of nitrogens with one attached hydrogen (secondary N) is 2. The van der Waals surface area contributed by atoms with E-state index in [0.29, 0.717) is 28.4 Å². The van der Waals surface area contributed by atoms with E-state index < -0.39 is 0 Å². The number of hydrogen-bond donors (Lipinski definition) is 2. The Hall–Kier alpha value is -3.42. The lowest BCUT2D eigenvalue weighted by molar-refractivity contribution is 0.102. The number of nitrogens with zero attached hydrogens (tertiary/aromatic N) is 4. The van der Waals surface area contributed by atoms with Gasteiger partial charge in [0.25, 0.3) is 5.91 Å². The van der Waals surface area contributed by atoms with Crippen LogP contribution in [0, 0.1) is 0 Å². The van der Waals surface area contributed by atoms with E-state index >= 15 is 0 Å². The molecule has 33 heavy (non-hydrogen) atoms. The number of aromatic nitrogens is 3. The minimum Gasteiger partial charge on any atom is -0.367 e. The number of hydrogen-bond acceptors (Lipinski definition) is 5. The molecule has 168 valence electrons. The summed E-state index contributed by atoms with van der Waals surface area (Å²) in [6, 6.07) is 17.8. The molecule has 2 unspecified atom stereocenters. The van der Waals surface area contributed by atoms with Gasteiger partial charge in [-0.05, 0) is 49.7 Å². The summed E-state index contributed by atoms with van der Waals surface area (Å²) >= 11 is 6.16. The fourth-order valence-electron chi connectivity index (χ4n) is 4.42. The molecule has 5 rings (SSSR count). The van der Waals surface area contributed by atoms with Crippen molar-refractivity contribution in [2.45, 2.75) is 25.9 Å². The number of piperazine rings is 1. The molecule has 8 heteroatoms. The monoisotopic (exact) mass is 460 g/mol. The normalized spacial score (nSPS) is 18.5. The number of carbonyl (C=O) groups excluding carboxylic acids is 1. The second-order valence-electron chi connectivity index (χ2n) is 8.49. The van der Waals surface area contributed by atoms with Crippen molar-refractivity contribution in [3.8, 4) is 11.1 Å². The minimum atomic E-state index is -0.264. The smallest absolute Gasteiger partial charge is 0.274 e. The molecule has 1 saturated heterocycles. The molecule has 0 radical (unpaired) electrons. The van der Waals surface area contributed by atoms with Crippen LogP contribution < -0.4 is 15.5 Å². The van der Waals surface area contributed by atoms with Crippen molar-refractivity contribution in [3.05, 3.63) is 77.7 Å². The molecule has 1 amide bonds. The summed E-state index contributed by atoms with van der Waals surface area (Å²) in [6.45, 7) is 6.10. The Labute approximate surface area is 197 Å². The maximum Gasteiger partial charge on any atom is 0.274 e. The minimum absolute atomic E-state index is 0.264. The predicted molar refractivity (Wildman–Crippen MR) is 132 cm³/mol. The van der Waals surface area contributed by atoms with Crippen molar-refractivity contribution in [1.29, 1.82) is 0 Å². The number of anilines is 2. The van der Waals surface area contributed by atoms with Crippen LogP contribution in [-0.2, 0) is 0 Å². The first-order chi connectivity index (χ1) is 16.0. The quantitative estimate of drug-likeness (QED) is 0.469. The van der Waals surface area contributed by atoms with Gasteiger partial charge < -0.3 is 15.5 Å². The highest BCUT2D eigenvalue weighted by Crippen LogP contribution is 2.29. The van der Waals surface area contributed by atoms with E-state index in [9.17, 15) is 4.79 Å². The van der Waals surface area contributed by atoms with Gasteiger partial charge in [-0.1, -0.05) is 35.9 Å². The summed E-state index contributed by atoms with van der Waals surface area (Å²) < 4.78 is 1.66. The first-order valence-electron chi connectivity index (χ1n) is 11.0. The van der Waals surface area contributed by atoms with Gasteiger partial charge in [0.05, 0.1) is 17.6 Å². The molecule has 1 fully saturated rings. The number of carbonyl (C=O) groups is 1. The van der Waals surface area contributed by atoms with Crippen LogP contribution in [0.25, 0.3) is 16.8 Å². The van der Waals surface area contributed by atoms with E-state index in [-0.39, 0.29) is 5.91 Å². The van der Waals surface area contributed by atoms with E-state index in [1.807, 2.05) is 48.5 Å². The van der Waals surface area contributed by atoms with E-state index in [1.165, 1.54) is 0 Å². The van der Waals surface area contributed by atoms with Crippen molar-refractivity contribution >= 4 is 34.5 Å². The third-order valence-corrected chi connectivity index (χ3v) is 6.02. The molecule has 0 spiro atoms. The lowest BCUT2D eigenvalue weighted by Gasteiger charge is -2.38. The molecule has 4 aromatic rings. The molecule has 2 aromatic heterocycles. The Morgan fingerprint density at radius 1 is 1.09 bits per heavy atom. The Kier molecular flexibility index (Phi) is 5.74. The van der Waals surface area contributed by atoms with Crippen molar-refractivity contribution < 1.29 is 4.79 Å². The Bertz CT molecular complexity index is 1310. The third kappa shape index (κ3) is 4.42. The van der Waals surface area contributed by atoms with Gasteiger partial charge in [-0.2, -0.15) is 5.10 Å². The van der Waals surface area contributed by atoms with Crippen molar-refractivity contribution in [2.24, 2.45) is 0 Å². The highest BCUT2D eigenvalue weighted by atomic mass is 35.5. The van der Waals surface area contributed by atoms with E-state index in [1.54, 1.807) is 23.0 Å². The molecular weight excluding hydrogens is 436 g/mol. The highest BCUT2D eigenvalue weighted by Gasteiger charge is 2.23. The van der Waals surface area contributed by atoms with Gasteiger partial charge in [-0.25, -0.2) is 9.50 Å². The average Bonchev–Trinajstić information content (AvgIpc) is 3.22. The lowest BCUT2D eigenvalue weighted by atomic mass is 10.1. The first kappa shape index (κ1) is 21.4. The molecule has 0 bridgehead atoms. The molecule has 7 nitrogen and oxygen atoms in total. The van der Waals surface area contributed by atoms with Crippen LogP contribution in [-0.4, -0.2) is 45.7 Å². The molecule has 3 heterocycles. The molecule has 0 aliphatic carbocycles. The Morgan fingerprint density at radius 3 is 2.67 bits per heavy atom. The molecule has 0 saturated carbocycles. The van der Waals surface area contributed by atoms with Crippen LogP contribution in [0.4, 0.5) is 11.4 Å². The van der Waals surface area contributed by atoms with E-state index in [2.05, 4.69) is 39.5 Å². The van der Waals surface area contributed by atoms with E-state index in [4.69, 9.17) is 11.6 Å². The molecule has 2 N–H and O–H groups in total. The van der Waals surface area contributed by atoms with Crippen LogP contribution in [0.5, 0.6) is 0 Å². The fraction of sp³-hybridized carbons (Fsp3) is 0.240. The molecule has 2 aromatic carbocycles. The summed E-state index contributed by atoms with van der Waals surface area (Å²) in [7, 11) is 0. The SMILES string of the molecule is CC1CN(c2ccccc2NC(=O)c2ccn3ncc(-c4cccc(Cl)c4)c3n2)CC(C)N1. The Balaban J connectivity index is 1.44. The van der Waals surface area contributed by atoms with Gasteiger partial charge in [0.1, 0.15) is 5.69 Å². The van der Waals surface area contributed by atoms with Crippen molar-refractivity contribution in [1.82, 2.24) is 19.9 Å². The molecular formula is C25H25ClN6O. The van der Waals surface area contributed by atoms with Crippen LogP contribution in [0.1, 0.15) is 24.3 Å². The molecule has 1 aliphatic rings. The molecule has 2 atom stereocenters. The number of benzene rings is 2. The topological polar surface area (TPSA) is 74.6 Å². The summed E-state index contributed by atoms with van der Waals surface area (Å²) in [5.74, 6) is -0.264. The van der Waals surface area contributed by atoms with Gasteiger partial charge >= 0.3 is 0 Å². The number of amides is 1.